The van der Waals surface area contributed by atoms with E-state index in [1.54, 1.807) is 14.2 Å². The van der Waals surface area contributed by atoms with Gasteiger partial charge in [0.15, 0.2) is 11.5 Å². The molecule has 1 heterocycles. The van der Waals surface area contributed by atoms with Crippen molar-refractivity contribution in [3.05, 3.63) is 53.6 Å². The van der Waals surface area contributed by atoms with E-state index in [1.807, 2.05) is 43.3 Å². The smallest absolute Gasteiger partial charge is 0.238 e. The number of ether oxygens (including phenoxy) is 2. The third kappa shape index (κ3) is 4.17. The highest BCUT2D eigenvalue weighted by molar-refractivity contribution is 5.92. The van der Waals surface area contributed by atoms with Gasteiger partial charge in [-0.2, -0.15) is 0 Å². The van der Waals surface area contributed by atoms with E-state index < -0.39 is 0 Å². The number of carbonyl (C=O) groups excluding carboxylic acids is 1. The fourth-order valence-corrected chi connectivity index (χ4v) is 3.56. The Hall–Kier alpha value is -2.53. The minimum Gasteiger partial charge on any atom is -0.493 e. The van der Waals surface area contributed by atoms with E-state index in [-0.39, 0.29) is 11.9 Å². The lowest BCUT2D eigenvalue weighted by Gasteiger charge is -2.25. The fourth-order valence-electron chi connectivity index (χ4n) is 3.56. The molecule has 0 radical (unpaired) electrons. The van der Waals surface area contributed by atoms with Crippen molar-refractivity contribution in [3.8, 4) is 11.5 Å². The zero-order chi connectivity index (χ0) is 18.5. The first kappa shape index (κ1) is 18.3. The van der Waals surface area contributed by atoms with E-state index in [2.05, 4.69) is 16.3 Å². The van der Waals surface area contributed by atoms with Crippen LogP contribution in [-0.2, 0) is 4.79 Å². The van der Waals surface area contributed by atoms with Gasteiger partial charge in [-0.15, -0.1) is 0 Å². The predicted molar refractivity (Wildman–Crippen MR) is 103 cm³/mol. The van der Waals surface area contributed by atoms with Gasteiger partial charge in [0.2, 0.25) is 5.91 Å². The maximum Gasteiger partial charge on any atom is 0.238 e. The Morgan fingerprint density at radius 1 is 1.15 bits per heavy atom. The average Bonchev–Trinajstić information content (AvgIpc) is 3.09. The summed E-state index contributed by atoms with van der Waals surface area (Å²) >= 11 is 0. The van der Waals surface area contributed by atoms with Crippen molar-refractivity contribution in [2.45, 2.75) is 25.8 Å². The molecular weight excluding hydrogens is 328 g/mol. The zero-order valence-corrected chi connectivity index (χ0v) is 15.6. The number of hydrogen-bond donors (Lipinski definition) is 1. The Balaban J connectivity index is 1.69. The molecule has 0 bridgehead atoms. The first-order valence-electron chi connectivity index (χ1n) is 8.93. The minimum absolute atomic E-state index is 0.0166. The van der Waals surface area contributed by atoms with Crippen LogP contribution >= 0.6 is 0 Å². The van der Waals surface area contributed by atoms with E-state index in [0.717, 1.165) is 47.7 Å². The molecule has 1 saturated heterocycles. The fraction of sp³-hybridized carbons (Fsp3) is 0.381. The van der Waals surface area contributed by atoms with Gasteiger partial charge in [0, 0.05) is 11.7 Å². The second-order valence-corrected chi connectivity index (χ2v) is 6.66. The quantitative estimate of drug-likeness (QED) is 0.857. The molecule has 1 unspecified atom stereocenters. The summed E-state index contributed by atoms with van der Waals surface area (Å²) in [5.74, 6) is 1.46. The summed E-state index contributed by atoms with van der Waals surface area (Å²) in [6.45, 7) is 3.32. The molecule has 1 N–H and O–H groups in total. The normalized spacial score (nSPS) is 17.1. The largest absolute Gasteiger partial charge is 0.493 e. The maximum absolute atomic E-state index is 12.5. The lowest BCUT2D eigenvalue weighted by molar-refractivity contribution is -0.117. The highest BCUT2D eigenvalue weighted by Crippen LogP contribution is 2.36. The summed E-state index contributed by atoms with van der Waals surface area (Å²) in [5.41, 5.74) is 3.13. The van der Waals surface area contributed by atoms with Gasteiger partial charge in [-0.25, -0.2) is 0 Å². The molecule has 0 aromatic heterocycles. The molecule has 1 amide bonds. The van der Waals surface area contributed by atoms with Crippen molar-refractivity contribution in [3.63, 3.8) is 0 Å². The molecule has 26 heavy (non-hydrogen) atoms. The van der Waals surface area contributed by atoms with Crippen LogP contribution < -0.4 is 14.8 Å². The predicted octanol–water partition coefficient (Wildman–Crippen LogP) is 3.79. The third-order valence-electron chi connectivity index (χ3n) is 4.80. The number of aryl methyl sites for hydroxylation is 1. The van der Waals surface area contributed by atoms with Crippen molar-refractivity contribution < 1.29 is 14.3 Å². The number of rotatable bonds is 6. The summed E-state index contributed by atoms with van der Waals surface area (Å²) in [6, 6.07) is 14.1. The molecule has 1 aliphatic heterocycles. The number of anilines is 1. The number of benzene rings is 2. The number of methoxy groups -OCH3 is 2. The molecule has 5 heteroatoms. The molecule has 2 aromatic rings. The summed E-state index contributed by atoms with van der Waals surface area (Å²) < 4.78 is 10.7. The Morgan fingerprint density at radius 2 is 1.96 bits per heavy atom. The van der Waals surface area contributed by atoms with E-state index in [1.165, 1.54) is 0 Å². The summed E-state index contributed by atoms with van der Waals surface area (Å²) in [4.78, 5) is 14.7. The van der Waals surface area contributed by atoms with Crippen LogP contribution in [0.5, 0.6) is 11.5 Å². The standard InChI is InChI=1S/C21H26N2O3/c1-15-6-4-7-17(12-15)22-21(24)14-23-11-5-8-18(23)16-9-10-19(25-2)20(13-16)26-3/h4,6-7,9-10,12-13,18H,5,8,11,14H2,1-3H3,(H,22,24). The number of amides is 1. The zero-order valence-electron chi connectivity index (χ0n) is 15.6. The van der Waals surface area contributed by atoms with E-state index in [9.17, 15) is 4.79 Å². The Bertz CT molecular complexity index is 776. The number of likely N-dealkylation sites (tertiary alicyclic amines) is 1. The van der Waals surface area contributed by atoms with E-state index >= 15 is 0 Å². The van der Waals surface area contributed by atoms with Crippen LogP contribution in [0.15, 0.2) is 42.5 Å². The number of nitrogens with one attached hydrogen (secondary N) is 1. The van der Waals surface area contributed by atoms with Crippen LogP contribution in [0.3, 0.4) is 0 Å². The van der Waals surface area contributed by atoms with Crippen LogP contribution in [-0.4, -0.2) is 38.1 Å². The summed E-state index contributed by atoms with van der Waals surface area (Å²) in [7, 11) is 3.28. The molecule has 5 nitrogen and oxygen atoms in total. The average molecular weight is 354 g/mol. The maximum atomic E-state index is 12.5. The van der Waals surface area contributed by atoms with Crippen LogP contribution in [0.4, 0.5) is 5.69 Å². The molecule has 1 fully saturated rings. The van der Waals surface area contributed by atoms with Gasteiger partial charge in [-0.05, 0) is 61.7 Å². The van der Waals surface area contributed by atoms with Crippen molar-refractivity contribution >= 4 is 11.6 Å². The lowest BCUT2D eigenvalue weighted by Crippen LogP contribution is -2.33. The summed E-state index contributed by atoms with van der Waals surface area (Å²) in [6.07, 6.45) is 2.12. The van der Waals surface area contributed by atoms with Crippen LogP contribution in [0, 0.1) is 6.92 Å². The second kappa shape index (κ2) is 8.23. The molecule has 3 rings (SSSR count). The number of nitrogens with zero attached hydrogens (tertiary/aromatic N) is 1. The molecule has 1 atom stereocenters. The molecule has 1 aliphatic rings. The van der Waals surface area contributed by atoms with Gasteiger partial charge >= 0.3 is 0 Å². The van der Waals surface area contributed by atoms with Gasteiger partial charge in [0.05, 0.1) is 20.8 Å². The number of carbonyl (C=O) groups is 1. The highest BCUT2D eigenvalue weighted by Gasteiger charge is 2.28. The second-order valence-electron chi connectivity index (χ2n) is 6.66. The van der Waals surface area contributed by atoms with E-state index in [0.29, 0.717) is 6.54 Å². The monoisotopic (exact) mass is 354 g/mol. The summed E-state index contributed by atoms with van der Waals surface area (Å²) in [5, 5.41) is 3.00. The highest BCUT2D eigenvalue weighted by atomic mass is 16.5. The van der Waals surface area contributed by atoms with Crippen molar-refractivity contribution in [2.24, 2.45) is 0 Å². The lowest BCUT2D eigenvalue weighted by atomic mass is 10.0. The topological polar surface area (TPSA) is 50.8 Å². The van der Waals surface area contributed by atoms with Crippen LogP contribution in [0.25, 0.3) is 0 Å². The van der Waals surface area contributed by atoms with Crippen molar-refractivity contribution in [1.29, 1.82) is 0 Å². The van der Waals surface area contributed by atoms with Crippen molar-refractivity contribution in [1.82, 2.24) is 4.90 Å². The Morgan fingerprint density at radius 3 is 2.69 bits per heavy atom. The van der Waals surface area contributed by atoms with Crippen LogP contribution in [0.2, 0.25) is 0 Å². The molecule has 0 aliphatic carbocycles. The van der Waals surface area contributed by atoms with Crippen LogP contribution in [0.1, 0.15) is 30.0 Å². The van der Waals surface area contributed by atoms with Gasteiger partial charge in [0.1, 0.15) is 0 Å². The SMILES string of the molecule is COc1ccc(C2CCCN2CC(=O)Nc2cccc(C)c2)cc1OC. The van der Waals surface area contributed by atoms with E-state index in [4.69, 9.17) is 9.47 Å². The van der Waals surface area contributed by atoms with Gasteiger partial charge in [-0.3, -0.25) is 9.69 Å². The molecule has 2 aromatic carbocycles. The minimum atomic E-state index is 0.0166. The first-order valence-corrected chi connectivity index (χ1v) is 8.93. The molecule has 0 spiro atoms. The van der Waals surface area contributed by atoms with Gasteiger partial charge < -0.3 is 14.8 Å². The Labute approximate surface area is 154 Å². The number of hydrogen-bond acceptors (Lipinski definition) is 4. The Kier molecular flexibility index (Phi) is 5.78. The third-order valence-corrected chi connectivity index (χ3v) is 4.80. The van der Waals surface area contributed by atoms with Crippen molar-refractivity contribution in [2.75, 3.05) is 32.6 Å². The first-order chi connectivity index (χ1) is 12.6. The molecule has 138 valence electrons. The van der Waals surface area contributed by atoms with Gasteiger partial charge in [-0.1, -0.05) is 18.2 Å². The van der Waals surface area contributed by atoms with Gasteiger partial charge in [0.25, 0.3) is 0 Å². The molecular formula is C21H26N2O3. The molecule has 0 saturated carbocycles.